The van der Waals surface area contributed by atoms with E-state index in [0.717, 1.165) is 44.1 Å². The second kappa shape index (κ2) is 15.5. The van der Waals surface area contributed by atoms with E-state index in [0.29, 0.717) is 5.75 Å². The van der Waals surface area contributed by atoms with E-state index in [1.54, 1.807) is 0 Å². The smallest absolute Gasteiger partial charge is 0.449 e. The first kappa shape index (κ1) is 27.0. The molecule has 0 spiro atoms. The Kier molecular flexibility index (Phi) is 12.7. The topological polar surface area (TPSA) is 46.5 Å². The molecule has 2 aromatic rings. The third-order valence-corrected chi connectivity index (χ3v) is 6.47. The van der Waals surface area contributed by atoms with Crippen molar-refractivity contribution >= 4 is 6.16 Å². The monoisotopic (exact) mass is 452 g/mol. The Balaban J connectivity index is 2.45. The van der Waals surface area contributed by atoms with E-state index in [9.17, 15) is 9.90 Å². The molecule has 0 saturated heterocycles. The largest absolute Gasteiger partial charge is 0.511 e. The second-order valence-electron chi connectivity index (χ2n) is 9.17. The van der Waals surface area contributed by atoms with E-state index >= 15 is 0 Å². The van der Waals surface area contributed by atoms with Crippen LogP contribution in [0.1, 0.15) is 108 Å². The second-order valence-corrected chi connectivity index (χ2v) is 9.17. The summed E-state index contributed by atoms with van der Waals surface area (Å²) in [6, 6.07) is 12.7. The molecule has 1 N–H and O–H groups in total. The number of benzene rings is 2. The quantitative estimate of drug-likeness (QED) is 0.157. The van der Waals surface area contributed by atoms with Crippen molar-refractivity contribution in [2.75, 3.05) is 0 Å². The van der Waals surface area contributed by atoms with Crippen LogP contribution in [0, 0.1) is 0 Å². The van der Waals surface area contributed by atoms with Gasteiger partial charge in [-0.1, -0.05) is 109 Å². The van der Waals surface area contributed by atoms with Crippen LogP contribution in [0.15, 0.2) is 36.4 Å². The number of hydrogen-bond acceptors (Lipinski definition) is 2. The normalized spacial score (nSPS) is 11.0. The lowest BCUT2D eigenvalue weighted by molar-refractivity contribution is 0.144. The zero-order valence-electron chi connectivity index (χ0n) is 21.1. The molecule has 0 bridgehead atoms. The molecule has 2 aromatic carbocycles. The molecule has 0 aliphatic carbocycles. The first-order valence-electron chi connectivity index (χ1n) is 13.3. The molecule has 3 heteroatoms. The number of unbranched alkanes of at least 4 members (excludes halogenated alkanes) is 8. The van der Waals surface area contributed by atoms with Crippen molar-refractivity contribution in [3.8, 4) is 16.9 Å². The van der Waals surface area contributed by atoms with Crippen LogP contribution in [0.4, 0.5) is 4.79 Å². The van der Waals surface area contributed by atoms with Gasteiger partial charge in [-0.15, -0.1) is 0 Å². The maximum absolute atomic E-state index is 11.5. The average Bonchev–Trinajstić information content (AvgIpc) is 2.80. The molecule has 0 unspecified atom stereocenters. The van der Waals surface area contributed by atoms with Gasteiger partial charge in [0.05, 0.1) is 0 Å². The molecule has 0 amide bonds. The minimum Gasteiger partial charge on any atom is -0.449 e. The fourth-order valence-electron chi connectivity index (χ4n) is 4.75. The minimum atomic E-state index is -1.23. The fraction of sp³-hybridized carbons (Fsp3) is 0.567. The highest BCUT2D eigenvalue weighted by Gasteiger charge is 2.18. The number of aryl methyl sites for hydroxylation is 1. The molecule has 0 heterocycles. The van der Waals surface area contributed by atoms with Gasteiger partial charge >= 0.3 is 6.16 Å². The van der Waals surface area contributed by atoms with E-state index in [-0.39, 0.29) is 0 Å². The summed E-state index contributed by atoms with van der Waals surface area (Å²) in [6.45, 7) is 6.69. The summed E-state index contributed by atoms with van der Waals surface area (Å²) in [5, 5.41) is 9.38. The SMILES string of the molecule is CCCCCCCc1c(OC(=O)O)ccc(-c2ccccc2CCC)c1CCCCCCC. The van der Waals surface area contributed by atoms with Crippen molar-refractivity contribution in [3.05, 3.63) is 53.1 Å². The van der Waals surface area contributed by atoms with Gasteiger partial charge in [-0.2, -0.15) is 0 Å². The van der Waals surface area contributed by atoms with Crippen LogP contribution in [0.5, 0.6) is 5.75 Å². The molecule has 0 aliphatic heterocycles. The molecule has 3 nitrogen and oxygen atoms in total. The van der Waals surface area contributed by atoms with Crippen LogP contribution in [0.25, 0.3) is 11.1 Å². The molecule has 182 valence electrons. The summed E-state index contributed by atoms with van der Waals surface area (Å²) >= 11 is 0. The van der Waals surface area contributed by atoms with Gasteiger partial charge in [0.1, 0.15) is 5.75 Å². The van der Waals surface area contributed by atoms with Crippen molar-refractivity contribution in [3.63, 3.8) is 0 Å². The average molecular weight is 453 g/mol. The molecule has 33 heavy (non-hydrogen) atoms. The Hall–Kier alpha value is -2.29. The van der Waals surface area contributed by atoms with Crippen molar-refractivity contribution in [2.45, 2.75) is 111 Å². The third kappa shape index (κ3) is 8.87. The zero-order valence-corrected chi connectivity index (χ0v) is 21.1. The van der Waals surface area contributed by atoms with Gasteiger partial charge in [-0.3, -0.25) is 0 Å². The summed E-state index contributed by atoms with van der Waals surface area (Å²) in [5.74, 6) is 0.526. The molecular weight excluding hydrogens is 408 g/mol. The first-order valence-corrected chi connectivity index (χ1v) is 13.3. The standard InChI is InChI=1S/C30H44O3/c1-4-7-9-11-13-20-26-27(25-19-16-15-18-24(25)17-6-3)22-23-29(33-30(31)32)28(26)21-14-12-10-8-5-2/h15-16,18-19,22-23H,4-14,17,20-21H2,1-3H3,(H,31,32). The molecule has 0 radical (unpaired) electrons. The van der Waals surface area contributed by atoms with Gasteiger partial charge in [0, 0.05) is 0 Å². The summed E-state index contributed by atoms with van der Waals surface area (Å²) in [4.78, 5) is 11.5. The summed E-state index contributed by atoms with van der Waals surface area (Å²) in [6.07, 6.45) is 14.8. The summed E-state index contributed by atoms with van der Waals surface area (Å²) in [5.41, 5.74) is 6.32. The number of hydrogen-bond donors (Lipinski definition) is 1. The Labute approximate surface area is 201 Å². The minimum absolute atomic E-state index is 0.526. The third-order valence-electron chi connectivity index (χ3n) is 6.47. The summed E-state index contributed by atoms with van der Waals surface area (Å²) in [7, 11) is 0. The van der Waals surface area contributed by atoms with Crippen molar-refractivity contribution < 1.29 is 14.6 Å². The van der Waals surface area contributed by atoms with Crippen molar-refractivity contribution in [1.29, 1.82) is 0 Å². The first-order chi connectivity index (χ1) is 16.1. The van der Waals surface area contributed by atoms with Gasteiger partial charge < -0.3 is 9.84 Å². The van der Waals surface area contributed by atoms with Crippen LogP contribution in [-0.2, 0) is 19.3 Å². The number of carbonyl (C=O) groups is 1. The molecule has 0 atom stereocenters. The Bertz CT molecular complexity index is 840. The molecular formula is C30H44O3. The highest BCUT2D eigenvalue weighted by molar-refractivity contribution is 5.74. The van der Waals surface area contributed by atoms with Crippen LogP contribution in [0.3, 0.4) is 0 Å². The predicted octanol–water partition coefficient (Wildman–Crippen LogP) is 9.39. The lowest BCUT2D eigenvalue weighted by atomic mass is 9.86. The fourth-order valence-corrected chi connectivity index (χ4v) is 4.75. The molecule has 0 aliphatic rings. The van der Waals surface area contributed by atoms with Crippen LogP contribution in [-0.4, -0.2) is 11.3 Å². The molecule has 2 rings (SSSR count). The van der Waals surface area contributed by atoms with E-state index in [1.165, 1.54) is 73.6 Å². The van der Waals surface area contributed by atoms with Gasteiger partial charge in [-0.25, -0.2) is 4.79 Å². The highest BCUT2D eigenvalue weighted by Crippen LogP contribution is 2.37. The lowest BCUT2D eigenvalue weighted by Gasteiger charge is -2.20. The number of carboxylic acid groups (broad SMARTS) is 1. The summed E-state index contributed by atoms with van der Waals surface area (Å²) < 4.78 is 5.29. The van der Waals surface area contributed by atoms with Crippen molar-refractivity contribution in [1.82, 2.24) is 0 Å². The van der Waals surface area contributed by atoms with Gasteiger partial charge in [-0.05, 0) is 66.0 Å². The lowest BCUT2D eigenvalue weighted by Crippen LogP contribution is -2.09. The van der Waals surface area contributed by atoms with Crippen LogP contribution < -0.4 is 4.74 Å². The predicted molar refractivity (Wildman–Crippen MR) is 139 cm³/mol. The molecule has 0 fully saturated rings. The Morgan fingerprint density at radius 2 is 1.27 bits per heavy atom. The van der Waals surface area contributed by atoms with E-state index in [1.807, 2.05) is 6.07 Å². The Morgan fingerprint density at radius 1 is 0.667 bits per heavy atom. The molecule has 0 aromatic heterocycles. The maximum atomic E-state index is 11.5. The van der Waals surface area contributed by atoms with E-state index in [2.05, 4.69) is 51.1 Å². The van der Waals surface area contributed by atoms with E-state index in [4.69, 9.17) is 4.74 Å². The van der Waals surface area contributed by atoms with Gasteiger partial charge in [0.2, 0.25) is 0 Å². The van der Waals surface area contributed by atoms with Gasteiger partial charge in [0.15, 0.2) is 0 Å². The molecule has 0 saturated carbocycles. The van der Waals surface area contributed by atoms with E-state index < -0.39 is 6.16 Å². The van der Waals surface area contributed by atoms with Gasteiger partial charge in [0.25, 0.3) is 0 Å². The number of rotatable bonds is 16. The maximum Gasteiger partial charge on any atom is 0.511 e. The highest BCUT2D eigenvalue weighted by atomic mass is 16.7. The van der Waals surface area contributed by atoms with Crippen LogP contribution in [0.2, 0.25) is 0 Å². The van der Waals surface area contributed by atoms with Crippen molar-refractivity contribution in [2.24, 2.45) is 0 Å². The Morgan fingerprint density at radius 3 is 1.88 bits per heavy atom. The number of ether oxygens (including phenoxy) is 1. The van der Waals surface area contributed by atoms with Crippen LogP contribution >= 0.6 is 0 Å². The zero-order chi connectivity index (χ0) is 23.9.